The number of pyridine rings is 1. The maximum Gasteiger partial charge on any atom is 0.165 e. The van der Waals surface area contributed by atoms with Crippen molar-refractivity contribution in [2.75, 3.05) is 49.2 Å². The minimum atomic E-state index is -0.346. The zero-order valence-electron chi connectivity index (χ0n) is 20.6. The molecule has 0 bridgehead atoms. The quantitative estimate of drug-likeness (QED) is 0.625. The normalized spacial score (nSPS) is 22.9. The van der Waals surface area contributed by atoms with Gasteiger partial charge in [-0.3, -0.25) is 9.98 Å². The number of fused-ring (bicyclic) bond motifs is 1. The molecule has 1 saturated heterocycles. The van der Waals surface area contributed by atoms with Crippen molar-refractivity contribution in [3.63, 3.8) is 0 Å². The van der Waals surface area contributed by atoms with Gasteiger partial charge in [-0.1, -0.05) is 26.8 Å². The molecule has 0 saturated carbocycles. The predicted molar refractivity (Wildman–Crippen MR) is 138 cm³/mol. The molecule has 34 heavy (non-hydrogen) atoms. The van der Waals surface area contributed by atoms with Crippen molar-refractivity contribution in [2.24, 2.45) is 9.98 Å². The summed E-state index contributed by atoms with van der Waals surface area (Å²) in [5.41, 5.74) is 5.44. The fourth-order valence-corrected chi connectivity index (χ4v) is 5.05. The first-order valence-electron chi connectivity index (χ1n) is 12.3. The van der Waals surface area contributed by atoms with E-state index in [0.717, 1.165) is 67.4 Å². The summed E-state index contributed by atoms with van der Waals surface area (Å²) < 4.78 is 15.2. The minimum Gasteiger partial charge on any atom is -0.368 e. The van der Waals surface area contributed by atoms with E-state index >= 15 is 4.39 Å². The summed E-state index contributed by atoms with van der Waals surface area (Å²) in [6.07, 6.45) is 4.35. The highest BCUT2D eigenvalue weighted by Gasteiger charge is 2.35. The maximum atomic E-state index is 15.2. The standard InChI is InChI=1S/C27H33FN6/c1-5-27(4)19(3)31-24-9-7-20(15-22(24)27)26-23(28)17-34(18-30-26)25-10-8-21(16-29-25)33-13-11-32(6-2)12-14-33/h7-10,15-17H,5-6,11-14,18H2,1-4H3. The van der Waals surface area contributed by atoms with Crippen molar-refractivity contribution in [3.8, 4) is 0 Å². The first-order chi connectivity index (χ1) is 16.4. The number of likely N-dealkylation sites (N-methyl/N-ethyl adjacent to an activating group) is 1. The number of halogens is 1. The molecule has 1 aromatic carbocycles. The summed E-state index contributed by atoms with van der Waals surface area (Å²) in [4.78, 5) is 20.5. The molecule has 4 heterocycles. The van der Waals surface area contributed by atoms with E-state index in [9.17, 15) is 0 Å². The highest BCUT2D eigenvalue weighted by atomic mass is 19.1. The highest BCUT2D eigenvalue weighted by Crippen LogP contribution is 2.43. The third kappa shape index (κ3) is 3.92. The van der Waals surface area contributed by atoms with Gasteiger partial charge in [0.2, 0.25) is 0 Å². The Bertz CT molecular complexity index is 1160. The monoisotopic (exact) mass is 460 g/mol. The van der Waals surface area contributed by atoms with Crippen molar-refractivity contribution in [1.29, 1.82) is 0 Å². The summed E-state index contributed by atoms with van der Waals surface area (Å²) in [6.45, 7) is 14.2. The fraction of sp³-hybridized carbons (Fsp3) is 0.444. The van der Waals surface area contributed by atoms with E-state index in [0.29, 0.717) is 18.2 Å². The lowest BCUT2D eigenvalue weighted by molar-refractivity contribution is 0.271. The average Bonchev–Trinajstić information content (AvgIpc) is 3.13. The van der Waals surface area contributed by atoms with E-state index in [2.05, 4.69) is 59.6 Å². The number of benzene rings is 1. The molecule has 1 aromatic heterocycles. The first-order valence-corrected chi connectivity index (χ1v) is 12.3. The van der Waals surface area contributed by atoms with Gasteiger partial charge in [0.15, 0.2) is 5.83 Å². The summed E-state index contributed by atoms with van der Waals surface area (Å²) >= 11 is 0. The zero-order valence-corrected chi connectivity index (χ0v) is 20.6. The van der Waals surface area contributed by atoms with Crippen molar-refractivity contribution in [2.45, 2.75) is 39.5 Å². The number of aliphatic imine (C=N–C) groups is 2. The average molecular weight is 461 g/mol. The molecule has 0 radical (unpaired) electrons. The van der Waals surface area contributed by atoms with E-state index in [-0.39, 0.29) is 11.2 Å². The second-order valence-corrected chi connectivity index (χ2v) is 9.51. The third-order valence-electron chi connectivity index (χ3n) is 7.75. The number of nitrogens with zero attached hydrogens (tertiary/aromatic N) is 6. The third-order valence-corrected chi connectivity index (χ3v) is 7.75. The molecule has 0 amide bonds. The van der Waals surface area contributed by atoms with Crippen LogP contribution in [0.5, 0.6) is 0 Å². The van der Waals surface area contributed by atoms with Crippen LogP contribution >= 0.6 is 0 Å². The molecular weight excluding hydrogens is 427 g/mol. The second kappa shape index (κ2) is 8.95. The van der Waals surface area contributed by atoms with Gasteiger partial charge in [-0.15, -0.1) is 0 Å². The van der Waals surface area contributed by atoms with Crippen molar-refractivity contribution < 1.29 is 4.39 Å². The minimum absolute atomic E-state index is 0.109. The number of piperazine rings is 1. The Morgan fingerprint density at radius 1 is 1.06 bits per heavy atom. The molecule has 178 valence electrons. The Morgan fingerprint density at radius 2 is 1.85 bits per heavy atom. The SMILES string of the molecule is CCN1CCN(c2ccc(N3C=C(F)C(c4ccc5c(c4)C(C)(CC)C(C)=N5)=NC3)nc2)CC1. The van der Waals surface area contributed by atoms with Gasteiger partial charge in [-0.05, 0) is 49.7 Å². The first kappa shape index (κ1) is 22.7. The number of hydrogen-bond donors (Lipinski definition) is 0. The van der Waals surface area contributed by atoms with Gasteiger partial charge in [0.25, 0.3) is 0 Å². The van der Waals surface area contributed by atoms with Crippen LogP contribution < -0.4 is 9.80 Å². The molecule has 0 spiro atoms. The van der Waals surface area contributed by atoms with Gasteiger partial charge in [0, 0.05) is 49.1 Å². The fourth-order valence-electron chi connectivity index (χ4n) is 5.05. The van der Waals surface area contributed by atoms with Gasteiger partial charge in [-0.25, -0.2) is 9.37 Å². The molecule has 0 N–H and O–H groups in total. The Labute approximate surface area is 201 Å². The van der Waals surface area contributed by atoms with Crippen molar-refractivity contribution in [1.82, 2.24) is 9.88 Å². The number of rotatable bonds is 5. The molecule has 3 aliphatic heterocycles. The van der Waals surface area contributed by atoms with Crippen LogP contribution in [-0.2, 0) is 5.41 Å². The molecule has 5 rings (SSSR count). The summed E-state index contributed by atoms with van der Waals surface area (Å²) in [6, 6.07) is 9.99. The molecule has 7 heteroatoms. The largest absolute Gasteiger partial charge is 0.368 e. The molecule has 6 nitrogen and oxygen atoms in total. The van der Waals surface area contributed by atoms with Crippen LogP contribution in [0.25, 0.3) is 0 Å². The van der Waals surface area contributed by atoms with Gasteiger partial charge in [0.1, 0.15) is 18.2 Å². The zero-order chi connectivity index (χ0) is 23.9. The van der Waals surface area contributed by atoms with Crippen LogP contribution in [0, 0.1) is 0 Å². The molecule has 1 atom stereocenters. The molecule has 1 fully saturated rings. The molecular formula is C27H33FN6. The lowest BCUT2D eigenvalue weighted by Gasteiger charge is -2.35. The van der Waals surface area contributed by atoms with Crippen LogP contribution in [0.3, 0.4) is 0 Å². The van der Waals surface area contributed by atoms with Gasteiger partial charge in [-0.2, -0.15) is 0 Å². The highest BCUT2D eigenvalue weighted by molar-refractivity contribution is 6.13. The van der Waals surface area contributed by atoms with E-state index in [1.165, 1.54) is 6.20 Å². The van der Waals surface area contributed by atoms with Crippen LogP contribution in [0.4, 0.5) is 21.6 Å². The Kier molecular flexibility index (Phi) is 5.98. The van der Waals surface area contributed by atoms with Gasteiger partial charge in [0.05, 0.1) is 17.6 Å². The van der Waals surface area contributed by atoms with E-state index in [4.69, 9.17) is 4.99 Å². The van der Waals surface area contributed by atoms with Crippen LogP contribution in [0.15, 0.2) is 58.5 Å². The molecule has 3 aliphatic rings. The lowest BCUT2D eigenvalue weighted by atomic mass is 9.77. The second-order valence-electron chi connectivity index (χ2n) is 9.51. The Morgan fingerprint density at radius 3 is 2.50 bits per heavy atom. The predicted octanol–water partition coefficient (Wildman–Crippen LogP) is 5.07. The maximum absolute atomic E-state index is 15.2. The topological polar surface area (TPSA) is 47.3 Å². The number of anilines is 2. The van der Waals surface area contributed by atoms with E-state index in [1.807, 2.05) is 24.4 Å². The van der Waals surface area contributed by atoms with Gasteiger partial charge < -0.3 is 14.7 Å². The smallest absolute Gasteiger partial charge is 0.165 e. The molecule has 2 aromatic rings. The van der Waals surface area contributed by atoms with Crippen LogP contribution in [0.1, 0.15) is 45.2 Å². The number of aromatic nitrogens is 1. The van der Waals surface area contributed by atoms with Crippen LogP contribution in [0.2, 0.25) is 0 Å². The molecule has 1 unspecified atom stereocenters. The van der Waals surface area contributed by atoms with Crippen molar-refractivity contribution >= 4 is 28.6 Å². The van der Waals surface area contributed by atoms with Crippen molar-refractivity contribution in [3.05, 3.63) is 59.7 Å². The van der Waals surface area contributed by atoms with Crippen LogP contribution in [-0.4, -0.2) is 60.7 Å². The number of allylic oxidation sites excluding steroid dienone is 1. The molecule has 0 aliphatic carbocycles. The van der Waals surface area contributed by atoms with E-state index < -0.39 is 0 Å². The Hall–Kier alpha value is -3.06. The number of hydrogen-bond acceptors (Lipinski definition) is 6. The lowest BCUT2D eigenvalue weighted by Crippen LogP contribution is -2.46. The summed E-state index contributed by atoms with van der Waals surface area (Å²) in [7, 11) is 0. The van der Waals surface area contributed by atoms with Gasteiger partial charge >= 0.3 is 0 Å². The summed E-state index contributed by atoms with van der Waals surface area (Å²) in [5.74, 6) is 0.354. The van der Waals surface area contributed by atoms with E-state index in [1.54, 1.807) is 4.90 Å². The Balaban J connectivity index is 1.31. The summed E-state index contributed by atoms with van der Waals surface area (Å²) in [5, 5.41) is 0.